The average Bonchev–Trinajstić information content (AvgIpc) is 3.57. The van der Waals surface area contributed by atoms with E-state index in [9.17, 15) is 18.8 Å². The second kappa shape index (κ2) is 11.3. The molecule has 186 valence electrons. The Bertz CT molecular complexity index is 1130. The molecule has 1 saturated heterocycles. The fraction of sp³-hybridized carbons (Fsp3) is 0.480. The van der Waals surface area contributed by atoms with Gasteiger partial charge < -0.3 is 5.11 Å². The normalized spacial score (nSPS) is 20.6. The predicted molar refractivity (Wildman–Crippen MR) is 130 cm³/mol. The molecule has 1 N–H and O–H groups in total. The molecule has 0 radical (unpaired) electrons. The Morgan fingerprint density at radius 2 is 2.03 bits per heavy atom. The van der Waals surface area contributed by atoms with E-state index in [4.69, 9.17) is 5.11 Å². The summed E-state index contributed by atoms with van der Waals surface area (Å²) >= 11 is 1.25. The topological polar surface area (TPSA) is 105 Å². The lowest BCUT2D eigenvalue weighted by Crippen LogP contribution is -2.43. The van der Waals surface area contributed by atoms with Gasteiger partial charge in [-0.1, -0.05) is 35.2 Å². The molecule has 2 aromatic rings. The fourth-order valence-electron chi connectivity index (χ4n) is 4.47. The van der Waals surface area contributed by atoms with Crippen molar-refractivity contribution >= 4 is 34.7 Å². The van der Waals surface area contributed by atoms with Crippen LogP contribution in [0.15, 0.2) is 36.0 Å². The van der Waals surface area contributed by atoms with Crippen LogP contribution in [0.5, 0.6) is 0 Å². The van der Waals surface area contributed by atoms with Gasteiger partial charge in [0.2, 0.25) is 0 Å². The van der Waals surface area contributed by atoms with Crippen molar-refractivity contribution in [2.45, 2.75) is 56.9 Å². The molecule has 2 unspecified atom stereocenters. The Labute approximate surface area is 207 Å². The quantitative estimate of drug-likeness (QED) is 0.526. The molecule has 0 spiro atoms. The molecular weight excluding hydrogens is 471 g/mol. The smallest absolute Gasteiger partial charge is 0.303 e. The summed E-state index contributed by atoms with van der Waals surface area (Å²) in [5.74, 6) is -1.22. The number of hydrogen-bond donors (Lipinski definition) is 1. The highest BCUT2D eigenvalue weighted by molar-refractivity contribution is 8.14. The lowest BCUT2D eigenvalue weighted by molar-refractivity contribution is -0.137. The number of carboxylic acids is 1. The van der Waals surface area contributed by atoms with Gasteiger partial charge in [0.25, 0.3) is 0 Å². The number of halogens is 1. The third-order valence-corrected chi connectivity index (χ3v) is 7.42. The number of ketones is 1. The third-order valence-electron chi connectivity index (χ3n) is 6.27. The van der Waals surface area contributed by atoms with Crippen molar-refractivity contribution in [3.05, 3.63) is 53.1 Å². The second-order valence-corrected chi connectivity index (χ2v) is 10.5. The minimum atomic E-state index is -0.857. The molecule has 35 heavy (non-hydrogen) atoms. The molecule has 2 aliphatic rings. The first-order valence-electron chi connectivity index (χ1n) is 11.8. The zero-order valence-corrected chi connectivity index (χ0v) is 20.4. The van der Waals surface area contributed by atoms with Gasteiger partial charge in [-0.25, -0.2) is 4.39 Å². The van der Waals surface area contributed by atoms with Crippen LogP contribution in [0.3, 0.4) is 0 Å². The Morgan fingerprint density at radius 1 is 1.26 bits per heavy atom. The first kappa shape index (κ1) is 25.2. The van der Waals surface area contributed by atoms with Crippen LogP contribution in [0.25, 0.3) is 6.08 Å². The monoisotopic (exact) mass is 500 g/mol. The summed E-state index contributed by atoms with van der Waals surface area (Å²) in [6, 6.07) is 5.78. The number of carbonyl (C=O) groups is 3. The van der Waals surface area contributed by atoms with Gasteiger partial charge in [-0.05, 0) is 43.4 Å². The first-order chi connectivity index (χ1) is 16.8. The first-order valence-corrected chi connectivity index (χ1v) is 12.7. The van der Waals surface area contributed by atoms with E-state index in [1.807, 2.05) is 11.0 Å². The zero-order valence-electron chi connectivity index (χ0n) is 19.6. The van der Waals surface area contributed by atoms with Crippen LogP contribution < -0.4 is 0 Å². The number of rotatable bonds is 10. The number of piperidine rings is 1. The van der Waals surface area contributed by atoms with Gasteiger partial charge in [-0.15, -0.1) is 5.10 Å². The van der Waals surface area contributed by atoms with E-state index in [0.717, 1.165) is 18.4 Å². The molecule has 10 heteroatoms. The minimum Gasteiger partial charge on any atom is -0.481 e. The van der Waals surface area contributed by atoms with E-state index in [2.05, 4.69) is 10.3 Å². The van der Waals surface area contributed by atoms with Crippen molar-refractivity contribution in [3.63, 3.8) is 0 Å². The molecular formula is C25H29FN4O4S. The van der Waals surface area contributed by atoms with Gasteiger partial charge in [-0.2, -0.15) is 0 Å². The zero-order chi connectivity index (χ0) is 24.9. The van der Waals surface area contributed by atoms with Crippen molar-refractivity contribution in [1.29, 1.82) is 0 Å². The third kappa shape index (κ3) is 6.64. The Hall–Kier alpha value is -2.85. The number of thioether (sulfide) groups is 1. The standard InChI is InChI=1S/C25H29FN4O4S/c1-16(31)35-22-10-12-29(24(25(34)17-8-9-17)20-5-2-3-6-21(20)26)14-18(22)13-19-15-30(28-27-19)11-4-7-23(32)33/h2-3,5-6,13,15,17,22,24H,4,7-12,14H2,1H3,(H,32,33)/b18-13+. The van der Waals surface area contributed by atoms with Crippen LogP contribution in [-0.2, 0) is 20.9 Å². The number of hydrogen-bond acceptors (Lipinski definition) is 7. The molecule has 2 heterocycles. The van der Waals surface area contributed by atoms with Crippen LogP contribution in [-0.4, -0.2) is 60.2 Å². The maximum atomic E-state index is 14.8. The summed E-state index contributed by atoms with van der Waals surface area (Å²) in [5.41, 5.74) is 1.92. The van der Waals surface area contributed by atoms with Crippen molar-refractivity contribution in [1.82, 2.24) is 19.9 Å². The molecule has 0 bridgehead atoms. The second-order valence-electron chi connectivity index (χ2n) is 9.08. The lowest BCUT2D eigenvalue weighted by Gasteiger charge is -2.38. The largest absolute Gasteiger partial charge is 0.481 e. The highest BCUT2D eigenvalue weighted by atomic mass is 32.2. The van der Waals surface area contributed by atoms with Crippen LogP contribution in [0.4, 0.5) is 4.39 Å². The molecule has 1 aromatic carbocycles. The Kier molecular flexibility index (Phi) is 8.12. The number of carbonyl (C=O) groups excluding carboxylic acids is 2. The van der Waals surface area contributed by atoms with Crippen LogP contribution in [0, 0.1) is 11.7 Å². The highest BCUT2D eigenvalue weighted by Crippen LogP contribution is 2.40. The molecule has 0 amide bonds. The van der Waals surface area contributed by atoms with E-state index < -0.39 is 12.0 Å². The van der Waals surface area contributed by atoms with Crippen LogP contribution >= 0.6 is 11.8 Å². The van der Waals surface area contributed by atoms with Gasteiger partial charge in [0.1, 0.15) is 11.5 Å². The summed E-state index contributed by atoms with van der Waals surface area (Å²) in [6.07, 6.45) is 6.45. The summed E-state index contributed by atoms with van der Waals surface area (Å²) in [6.45, 7) is 2.95. The minimum absolute atomic E-state index is 0.00591. The van der Waals surface area contributed by atoms with E-state index >= 15 is 0 Å². The van der Waals surface area contributed by atoms with Crippen LogP contribution in [0.1, 0.15) is 56.3 Å². The van der Waals surface area contributed by atoms with Crippen molar-refractivity contribution in [2.24, 2.45) is 5.92 Å². The number of likely N-dealkylation sites (tertiary alicyclic amines) is 1. The number of benzene rings is 1. The van der Waals surface area contributed by atoms with Gasteiger partial charge in [0.15, 0.2) is 10.9 Å². The summed E-state index contributed by atoms with van der Waals surface area (Å²) in [5, 5.41) is 17.0. The summed E-state index contributed by atoms with van der Waals surface area (Å²) in [4.78, 5) is 38.0. The van der Waals surface area contributed by atoms with Gasteiger partial charge >= 0.3 is 5.97 Å². The molecule has 1 aromatic heterocycles. The van der Waals surface area contributed by atoms with Crippen LogP contribution in [0.2, 0.25) is 0 Å². The van der Waals surface area contributed by atoms with E-state index in [0.29, 0.717) is 43.7 Å². The van der Waals surface area contributed by atoms with Gasteiger partial charge in [0.05, 0.1) is 12.2 Å². The van der Waals surface area contributed by atoms with E-state index in [1.165, 1.54) is 24.8 Å². The number of Topliss-reactive ketones (excluding diaryl/α,β-unsaturated/α-hetero) is 1. The molecule has 8 nitrogen and oxygen atoms in total. The number of nitrogens with zero attached hydrogens (tertiary/aromatic N) is 4. The van der Waals surface area contributed by atoms with Crippen molar-refractivity contribution < 1.29 is 23.9 Å². The summed E-state index contributed by atoms with van der Waals surface area (Å²) in [7, 11) is 0. The van der Waals surface area contributed by atoms with Crippen molar-refractivity contribution in [2.75, 3.05) is 13.1 Å². The molecule has 1 aliphatic heterocycles. The van der Waals surface area contributed by atoms with Crippen molar-refractivity contribution in [3.8, 4) is 0 Å². The van der Waals surface area contributed by atoms with Gasteiger partial charge in [0, 0.05) is 49.7 Å². The molecule has 1 aliphatic carbocycles. The number of aryl methyl sites for hydroxylation is 1. The molecule has 1 saturated carbocycles. The number of aliphatic carboxylic acids is 1. The van der Waals surface area contributed by atoms with E-state index in [1.54, 1.807) is 29.1 Å². The maximum Gasteiger partial charge on any atom is 0.303 e. The Balaban J connectivity index is 1.58. The van der Waals surface area contributed by atoms with E-state index in [-0.39, 0.29) is 34.3 Å². The highest BCUT2D eigenvalue weighted by Gasteiger charge is 2.41. The van der Waals surface area contributed by atoms with Gasteiger partial charge in [-0.3, -0.25) is 24.0 Å². The molecule has 4 rings (SSSR count). The fourth-order valence-corrected chi connectivity index (χ4v) is 5.38. The average molecular weight is 501 g/mol. The number of carboxylic acid groups (broad SMARTS) is 1. The molecule has 2 fully saturated rings. The number of aromatic nitrogens is 3. The summed E-state index contributed by atoms with van der Waals surface area (Å²) < 4.78 is 16.4. The maximum absolute atomic E-state index is 14.8. The molecule has 2 atom stereocenters. The predicted octanol–water partition coefficient (Wildman–Crippen LogP) is 3.74. The Morgan fingerprint density at radius 3 is 2.71 bits per heavy atom. The SMILES string of the molecule is CC(=O)SC1CCN(C(C(=O)C2CC2)c2ccccc2F)C/C1=C\c1cn(CCCC(=O)O)nn1. The lowest BCUT2D eigenvalue weighted by atomic mass is 9.93.